The van der Waals surface area contributed by atoms with Crippen molar-refractivity contribution in [3.63, 3.8) is 0 Å². The number of hydrogen-bond donors (Lipinski definition) is 3. The average molecular weight is 431 g/mol. The van der Waals surface area contributed by atoms with Crippen LogP contribution in [-0.4, -0.2) is 24.2 Å². The molecular formula is C27H30N2O3. The number of aromatic carboxylic acids is 1. The first-order valence-electron chi connectivity index (χ1n) is 10.6. The zero-order valence-electron chi connectivity index (χ0n) is 19.3. The number of carbonyl (C=O) groups is 1. The standard InChI is InChI=1S/C26H26N2O3.CH3/c1-5-27-21-13-23-19(11-15(21)3)25(17-9-7-8-10-18(17)26(29)30)20-12-16(4)22(28-6-2)14-24(20)31-23;/h7-14,27H,5-6H2,1-4H3,(H,29,30);1H3/q;-1/p+1. The van der Waals surface area contributed by atoms with Crippen molar-refractivity contribution in [2.45, 2.75) is 27.7 Å². The molecule has 0 radical (unpaired) electrons. The van der Waals surface area contributed by atoms with Gasteiger partial charge >= 0.3 is 5.97 Å². The van der Waals surface area contributed by atoms with Gasteiger partial charge in [0.05, 0.1) is 11.6 Å². The van der Waals surface area contributed by atoms with Gasteiger partial charge in [-0.05, 0) is 57.0 Å². The monoisotopic (exact) mass is 430 g/mol. The van der Waals surface area contributed by atoms with E-state index in [0.717, 1.165) is 63.1 Å². The topological polar surface area (TPSA) is 76.4 Å². The van der Waals surface area contributed by atoms with Crippen LogP contribution in [-0.2, 0) is 0 Å². The fraction of sp³-hybridized carbons (Fsp3) is 0.222. The van der Waals surface area contributed by atoms with Crippen LogP contribution in [0.1, 0.15) is 35.3 Å². The van der Waals surface area contributed by atoms with Gasteiger partial charge in [0.1, 0.15) is 17.9 Å². The van der Waals surface area contributed by atoms with E-state index in [2.05, 4.69) is 36.3 Å². The Morgan fingerprint density at radius 3 is 2.47 bits per heavy atom. The highest BCUT2D eigenvalue weighted by atomic mass is 16.4. The molecule has 2 aliphatic rings. The minimum absolute atomic E-state index is 0. The molecule has 5 heteroatoms. The van der Waals surface area contributed by atoms with Crippen LogP contribution in [0.3, 0.4) is 0 Å². The summed E-state index contributed by atoms with van der Waals surface area (Å²) in [4.78, 5) is 15.4. The predicted molar refractivity (Wildman–Crippen MR) is 130 cm³/mol. The predicted octanol–water partition coefficient (Wildman–Crippen LogP) is 4.40. The molecular weight excluding hydrogens is 400 g/mol. The summed E-state index contributed by atoms with van der Waals surface area (Å²) in [6.45, 7) is 9.82. The van der Waals surface area contributed by atoms with Gasteiger partial charge in [0, 0.05) is 40.4 Å². The maximum absolute atomic E-state index is 12.0. The first kappa shape index (κ1) is 23.1. The molecule has 0 atom stereocenters. The van der Waals surface area contributed by atoms with Gasteiger partial charge in [-0.3, -0.25) is 0 Å². The van der Waals surface area contributed by atoms with E-state index in [1.807, 2.05) is 38.1 Å². The largest absolute Gasteiger partial charge is 0.478 e. The van der Waals surface area contributed by atoms with E-state index in [9.17, 15) is 9.90 Å². The fourth-order valence-electron chi connectivity index (χ4n) is 4.14. The second kappa shape index (κ2) is 9.27. The van der Waals surface area contributed by atoms with E-state index in [1.54, 1.807) is 12.1 Å². The summed E-state index contributed by atoms with van der Waals surface area (Å²) in [6, 6.07) is 15.3. The molecule has 2 aromatic carbocycles. The summed E-state index contributed by atoms with van der Waals surface area (Å²) in [5.74, 6) is -0.227. The molecule has 1 aliphatic heterocycles. The highest BCUT2D eigenvalue weighted by Gasteiger charge is 2.23. The summed E-state index contributed by atoms with van der Waals surface area (Å²) < 4.78 is 6.37. The van der Waals surface area contributed by atoms with Gasteiger partial charge in [0.2, 0.25) is 5.36 Å². The maximum Gasteiger partial charge on any atom is 0.336 e. The lowest BCUT2D eigenvalue weighted by molar-refractivity contribution is -0.496. The van der Waals surface area contributed by atoms with Crippen molar-refractivity contribution >= 4 is 22.6 Å². The Hall–Kier alpha value is -3.60. The normalized spacial score (nSPS) is 11.6. The summed E-state index contributed by atoms with van der Waals surface area (Å²) >= 11 is 0. The highest BCUT2D eigenvalue weighted by Crippen LogP contribution is 2.42. The molecule has 0 bridgehead atoms. The van der Waals surface area contributed by atoms with E-state index in [1.165, 1.54) is 0 Å². The second-order valence-corrected chi connectivity index (χ2v) is 7.72. The molecule has 0 aromatic heterocycles. The minimum Gasteiger partial charge on any atom is -0.478 e. The molecule has 1 aliphatic carbocycles. The quantitative estimate of drug-likeness (QED) is 0.324. The summed E-state index contributed by atoms with van der Waals surface area (Å²) in [6.07, 6.45) is 0. The van der Waals surface area contributed by atoms with Gasteiger partial charge in [-0.2, -0.15) is 0 Å². The van der Waals surface area contributed by atoms with E-state index in [0.29, 0.717) is 5.56 Å². The zero-order valence-corrected chi connectivity index (χ0v) is 19.3. The Kier molecular flexibility index (Phi) is 6.68. The zero-order chi connectivity index (χ0) is 22.1. The molecule has 2 aromatic rings. The number of nitrogens with one attached hydrogen (secondary N) is 2. The third-order valence-electron chi connectivity index (χ3n) is 5.57. The van der Waals surface area contributed by atoms with Gasteiger partial charge in [0.15, 0.2) is 0 Å². The second-order valence-electron chi connectivity index (χ2n) is 7.72. The number of benzene rings is 3. The van der Waals surface area contributed by atoms with Gasteiger partial charge in [0.25, 0.3) is 0 Å². The van der Waals surface area contributed by atoms with E-state index >= 15 is 0 Å². The van der Waals surface area contributed by atoms with Gasteiger partial charge in [-0.15, -0.1) is 0 Å². The minimum atomic E-state index is -0.945. The molecule has 5 nitrogen and oxygen atoms in total. The van der Waals surface area contributed by atoms with E-state index < -0.39 is 5.97 Å². The Bertz CT molecular complexity index is 1330. The Balaban J connectivity index is 0.00000289. The van der Waals surface area contributed by atoms with Crippen LogP contribution in [0.15, 0.2) is 52.9 Å². The molecule has 32 heavy (non-hydrogen) atoms. The van der Waals surface area contributed by atoms with Crippen molar-refractivity contribution in [3.8, 4) is 22.5 Å². The van der Waals surface area contributed by atoms with Crippen molar-refractivity contribution in [2.24, 2.45) is 0 Å². The molecule has 0 unspecified atom stereocenters. The number of rotatable bonds is 5. The number of aryl methyl sites for hydroxylation is 2. The van der Waals surface area contributed by atoms with Crippen molar-refractivity contribution < 1.29 is 19.3 Å². The van der Waals surface area contributed by atoms with Crippen LogP contribution >= 0.6 is 0 Å². The Labute approximate surface area is 188 Å². The Morgan fingerprint density at radius 1 is 1.03 bits per heavy atom. The number of carboxylic acids is 1. The van der Waals surface area contributed by atoms with Gasteiger partial charge < -0.3 is 22.3 Å². The fourth-order valence-corrected chi connectivity index (χ4v) is 4.14. The molecule has 0 saturated heterocycles. The molecule has 1 heterocycles. The highest BCUT2D eigenvalue weighted by molar-refractivity contribution is 6.08. The molecule has 0 amide bonds. The number of hydrogen-bond acceptors (Lipinski definition) is 3. The first-order valence-corrected chi connectivity index (χ1v) is 10.6. The third-order valence-corrected chi connectivity index (χ3v) is 5.57. The van der Waals surface area contributed by atoms with Crippen LogP contribution in [0.5, 0.6) is 0 Å². The lowest BCUT2D eigenvalue weighted by Gasteiger charge is -2.18. The molecule has 0 saturated carbocycles. The molecule has 4 rings (SSSR count). The van der Waals surface area contributed by atoms with Crippen LogP contribution in [0, 0.1) is 21.3 Å². The van der Waals surface area contributed by atoms with Crippen LogP contribution in [0.2, 0.25) is 0 Å². The van der Waals surface area contributed by atoms with Crippen LogP contribution < -0.4 is 15.7 Å². The third kappa shape index (κ3) is 3.98. The van der Waals surface area contributed by atoms with Gasteiger partial charge in [-0.25, -0.2) is 9.79 Å². The summed E-state index contributed by atoms with van der Waals surface area (Å²) in [7, 11) is 0. The van der Waals surface area contributed by atoms with Crippen LogP contribution in [0.25, 0.3) is 33.4 Å². The molecule has 3 N–H and O–H groups in total. The van der Waals surface area contributed by atoms with Crippen molar-refractivity contribution in [1.82, 2.24) is 0 Å². The lowest BCUT2D eigenvalue weighted by atomic mass is 9.89. The Morgan fingerprint density at radius 2 is 1.78 bits per heavy atom. The molecule has 166 valence electrons. The number of fused-ring (bicyclic) bond motifs is 2. The smallest absolute Gasteiger partial charge is 0.336 e. The number of anilines is 1. The lowest BCUT2D eigenvalue weighted by Crippen LogP contribution is -2.76. The summed E-state index contributed by atoms with van der Waals surface area (Å²) in [5, 5.41) is 15.2. The van der Waals surface area contributed by atoms with Crippen molar-refractivity contribution in [1.29, 1.82) is 0 Å². The average Bonchev–Trinajstić information content (AvgIpc) is 2.74. The van der Waals surface area contributed by atoms with Crippen molar-refractivity contribution in [2.75, 3.05) is 18.4 Å². The molecule has 0 fully saturated rings. The van der Waals surface area contributed by atoms with Gasteiger partial charge in [-0.1, -0.05) is 18.2 Å². The maximum atomic E-state index is 12.0. The first-order chi connectivity index (χ1) is 14.9. The van der Waals surface area contributed by atoms with Crippen LogP contribution in [0.4, 0.5) is 5.69 Å². The SMILES string of the molecule is CCNc1cc2oc3cc(=[NH+]CC)c(C)cc-3c(-c3ccccc3C(=O)O)c2cc1C.[CH3-]. The molecule has 0 spiro atoms. The van der Waals surface area contributed by atoms with E-state index in [4.69, 9.17) is 4.42 Å². The van der Waals surface area contributed by atoms with E-state index in [-0.39, 0.29) is 13.0 Å². The van der Waals surface area contributed by atoms with Crippen molar-refractivity contribution in [3.05, 3.63) is 78.0 Å². The summed E-state index contributed by atoms with van der Waals surface area (Å²) in [5.41, 5.74) is 6.63. The number of carboxylic acid groups (broad SMARTS) is 1.